The minimum atomic E-state index is -0.662. The van der Waals surface area contributed by atoms with Crippen LogP contribution in [0.25, 0.3) is 0 Å². The molecule has 0 amide bonds. The van der Waals surface area contributed by atoms with Crippen LogP contribution in [0, 0.1) is 47.5 Å². The average molecular weight is 432 g/mol. The highest BCUT2D eigenvalue weighted by Gasteiger charge is 2.16. The smallest absolute Gasteiger partial charge is 0.353 e. The van der Waals surface area contributed by atoms with Crippen molar-refractivity contribution in [3.8, 4) is 47.5 Å². The summed E-state index contributed by atoms with van der Waals surface area (Å²) in [6.45, 7) is 3.10. The van der Waals surface area contributed by atoms with Crippen molar-refractivity contribution >= 4 is 43.6 Å². The van der Waals surface area contributed by atoms with Gasteiger partial charge in [-0.25, -0.2) is 4.79 Å². The van der Waals surface area contributed by atoms with Gasteiger partial charge in [-0.15, -0.1) is 0 Å². The van der Waals surface area contributed by atoms with E-state index in [2.05, 4.69) is 79.4 Å². The van der Waals surface area contributed by atoms with Crippen LogP contribution in [-0.4, -0.2) is 11.8 Å². The van der Waals surface area contributed by atoms with Crippen LogP contribution in [0.4, 0.5) is 0 Å². The van der Waals surface area contributed by atoms with Crippen molar-refractivity contribution in [2.45, 2.75) is 13.8 Å². The van der Waals surface area contributed by atoms with E-state index in [1.54, 1.807) is 13.0 Å². The number of carbonyl (C=O) groups is 2. The van der Waals surface area contributed by atoms with Crippen molar-refractivity contribution in [1.29, 1.82) is 0 Å². The van der Waals surface area contributed by atoms with E-state index in [1.807, 2.05) is 0 Å². The Balaban J connectivity index is 2.84. The van der Waals surface area contributed by atoms with Gasteiger partial charge < -0.3 is 4.74 Å². The number of hydrogen-bond donors (Lipinski definition) is 0. The molecule has 0 fully saturated rings. The van der Waals surface area contributed by atoms with E-state index in [4.69, 9.17) is 4.74 Å². The highest BCUT2D eigenvalue weighted by atomic mass is 79.9. The quantitative estimate of drug-likeness (QED) is 0.408. The zero-order chi connectivity index (χ0) is 17.2. The van der Waals surface area contributed by atoms with Gasteiger partial charge in [0.1, 0.15) is 6.11 Å². The second-order valence-corrected chi connectivity index (χ2v) is 5.57. The lowest BCUT2D eigenvalue weighted by Crippen LogP contribution is -2.04. The molecule has 1 aromatic rings. The second-order valence-electron chi connectivity index (χ2n) is 3.86. The number of halogens is 2. The number of benzene rings is 1. The molecule has 0 aromatic heterocycles. The maximum absolute atomic E-state index is 11.9. The molecule has 0 aliphatic rings. The summed E-state index contributed by atoms with van der Waals surface area (Å²) in [7, 11) is 0. The van der Waals surface area contributed by atoms with Gasteiger partial charge in [0.25, 0.3) is 0 Å². The van der Waals surface area contributed by atoms with E-state index in [0.29, 0.717) is 14.5 Å². The van der Waals surface area contributed by atoms with Gasteiger partial charge in [0.05, 0.1) is 5.56 Å². The van der Waals surface area contributed by atoms with Crippen LogP contribution in [-0.2, 0) is 4.74 Å². The molecular formula is C18H8Br2O3. The Bertz CT molecular complexity index is 899. The molecule has 3 nitrogen and oxygen atoms in total. The van der Waals surface area contributed by atoms with Crippen LogP contribution in [0.1, 0.15) is 34.6 Å². The van der Waals surface area contributed by atoms with Crippen LogP contribution >= 0.6 is 31.9 Å². The minimum Gasteiger partial charge on any atom is -0.367 e. The Hall–Kier alpha value is -2.44. The highest BCUT2D eigenvalue weighted by molar-refractivity contribution is 9.11. The van der Waals surface area contributed by atoms with E-state index >= 15 is 0 Å². The van der Waals surface area contributed by atoms with Crippen molar-refractivity contribution in [3.63, 3.8) is 0 Å². The Morgan fingerprint density at radius 3 is 2.04 bits per heavy atom. The third-order valence-corrected chi connectivity index (χ3v) is 3.60. The molecule has 0 unspecified atom stereocenters. The summed E-state index contributed by atoms with van der Waals surface area (Å²) in [5.74, 6) is 16.5. The Labute approximate surface area is 151 Å². The first-order valence-corrected chi connectivity index (χ1v) is 7.69. The average Bonchev–Trinajstić information content (AvgIpc) is 2.51. The highest BCUT2D eigenvalue weighted by Crippen LogP contribution is 2.27. The molecule has 0 N–H and O–H groups in total. The molecule has 0 spiro atoms. The zero-order valence-electron chi connectivity index (χ0n) is 12.1. The molecule has 0 aliphatic carbocycles. The molecule has 0 heterocycles. The molecule has 0 bridgehead atoms. The van der Waals surface area contributed by atoms with Crippen LogP contribution in [0.3, 0.4) is 0 Å². The zero-order valence-corrected chi connectivity index (χ0v) is 15.3. The fraction of sp³-hybridized carbons (Fsp3) is 0.111. The summed E-state index contributed by atoms with van der Waals surface area (Å²) in [5, 5.41) is 0. The third-order valence-electron chi connectivity index (χ3n) is 2.29. The van der Waals surface area contributed by atoms with E-state index in [0.717, 1.165) is 0 Å². The molecule has 0 aliphatic heterocycles. The molecular weight excluding hydrogens is 424 g/mol. The van der Waals surface area contributed by atoms with E-state index in [1.165, 1.54) is 13.0 Å². The maximum Gasteiger partial charge on any atom is 0.353 e. The number of ether oxygens (including phenoxy) is 1. The maximum atomic E-state index is 11.9. The van der Waals surface area contributed by atoms with Gasteiger partial charge in [0.2, 0.25) is 0 Å². The monoisotopic (exact) mass is 430 g/mol. The largest absolute Gasteiger partial charge is 0.367 e. The van der Waals surface area contributed by atoms with Gasteiger partial charge in [0.15, 0.2) is 5.78 Å². The molecule has 5 heteroatoms. The van der Waals surface area contributed by atoms with Crippen molar-refractivity contribution < 1.29 is 14.3 Å². The van der Waals surface area contributed by atoms with Crippen molar-refractivity contribution in [2.75, 3.05) is 0 Å². The first-order valence-electron chi connectivity index (χ1n) is 6.10. The van der Waals surface area contributed by atoms with Gasteiger partial charge in [0, 0.05) is 32.3 Å². The predicted molar refractivity (Wildman–Crippen MR) is 94.0 cm³/mol. The second kappa shape index (κ2) is 9.55. The summed E-state index contributed by atoms with van der Waals surface area (Å²) >= 11 is 6.47. The summed E-state index contributed by atoms with van der Waals surface area (Å²) in [4.78, 5) is 23.3. The lowest BCUT2D eigenvalue weighted by Gasteiger charge is -2.05. The SMILES string of the molecule is CC#CC#CC#CC#COC(=O)c1cc(Br)c(C(C)=O)cc1Br. The van der Waals surface area contributed by atoms with Gasteiger partial charge in [-0.2, -0.15) is 0 Å². The number of Topliss-reactive ketones (excluding diaryl/α,β-unsaturated/α-hetero) is 1. The Morgan fingerprint density at radius 1 is 0.913 bits per heavy atom. The molecule has 0 saturated heterocycles. The number of ketones is 1. The summed E-state index contributed by atoms with van der Waals surface area (Å²) in [5.41, 5.74) is 0.696. The molecule has 0 radical (unpaired) electrons. The van der Waals surface area contributed by atoms with E-state index in [-0.39, 0.29) is 11.3 Å². The molecule has 23 heavy (non-hydrogen) atoms. The molecule has 1 rings (SSSR count). The fourth-order valence-corrected chi connectivity index (χ4v) is 2.44. The molecule has 112 valence electrons. The number of carbonyl (C=O) groups excluding carboxylic acids is 2. The molecule has 1 aromatic carbocycles. The lowest BCUT2D eigenvalue weighted by atomic mass is 10.1. The van der Waals surface area contributed by atoms with E-state index < -0.39 is 5.97 Å². The van der Waals surface area contributed by atoms with Crippen molar-refractivity contribution in [2.24, 2.45) is 0 Å². The van der Waals surface area contributed by atoms with Crippen molar-refractivity contribution in [1.82, 2.24) is 0 Å². The number of esters is 1. The first-order chi connectivity index (χ1) is 11.0. The van der Waals surface area contributed by atoms with Crippen LogP contribution < -0.4 is 0 Å². The van der Waals surface area contributed by atoms with Crippen molar-refractivity contribution in [3.05, 3.63) is 32.2 Å². The minimum absolute atomic E-state index is 0.124. The van der Waals surface area contributed by atoms with Crippen LogP contribution in [0.2, 0.25) is 0 Å². The van der Waals surface area contributed by atoms with Crippen LogP contribution in [0.5, 0.6) is 0 Å². The third kappa shape index (κ3) is 6.06. The van der Waals surface area contributed by atoms with E-state index in [9.17, 15) is 9.59 Å². The van der Waals surface area contributed by atoms with Gasteiger partial charge in [-0.3, -0.25) is 4.79 Å². The normalized spacial score (nSPS) is 7.83. The summed E-state index contributed by atoms with van der Waals surface area (Å²) in [6, 6.07) is 3.03. The lowest BCUT2D eigenvalue weighted by molar-refractivity contribution is 0.0689. The summed E-state index contributed by atoms with van der Waals surface area (Å²) < 4.78 is 5.72. The fourth-order valence-electron chi connectivity index (χ4n) is 1.31. The molecule has 0 atom stereocenters. The number of rotatable bonds is 2. The topological polar surface area (TPSA) is 43.4 Å². The van der Waals surface area contributed by atoms with Gasteiger partial charge in [-0.1, -0.05) is 21.9 Å². The predicted octanol–water partition coefficient (Wildman–Crippen LogP) is 3.56. The summed E-state index contributed by atoms with van der Waals surface area (Å²) in [6.07, 6.45) is 2.18. The Kier molecular flexibility index (Phi) is 7.73. The van der Waals surface area contributed by atoms with Gasteiger partial charge >= 0.3 is 5.97 Å². The number of hydrogen-bond acceptors (Lipinski definition) is 3. The first kappa shape index (κ1) is 18.6. The van der Waals surface area contributed by atoms with Crippen LogP contribution in [0.15, 0.2) is 21.1 Å². The molecule has 0 saturated carbocycles. The standard InChI is InChI=1S/C18H8Br2O3/c1-3-4-5-6-7-8-9-10-23-18(22)15-12-16(19)14(13(2)21)11-17(15)20/h11-12H,1-2H3. The van der Waals surface area contributed by atoms with Gasteiger partial charge in [-0.05, 0) is 59.7 Å². The Morgan fingerprint density at radius 2 is 1.43 bits per heavy atom.